The minimum atomic E-state index is -3.85. The molecule has 2 aliphatic carbocycles. The van der Waals surface area contributed by atoms with Crippen molar-refractivity contribution in [3.8, 4) is 16.6 Å². The number of ether oxygens (including phenoxy) is 2. The van der Waals surface area contributed by atoms with Crippen LogP contribution in [0, 0.1) is 24.2 Å². The summed E-state index contributed by atoms with van der Waals surface area (Å²) in [5.74, 6) is -2.85. The van der Waals surface area contributed by atoms with E-state index in [9.17, 15) is 27.6 Å². The molecule has 2 amide bonds. The summed E-state index contributed by atoms with van der Waals surface area (Å²) in [5.41, 5.74) is 1.41. The maximum atomic E-state index is 14.7. The smallest absolute Gasteiger partial charge is 0.307 e. The van der Waals surface area contributed by atoms with E-state index >= 15 is 0 Å². The summed E-state index contributed by atoms with van der Waals surface area (Å²) >= 11 is 1.54. The van der Waals surface area contributed by atoms with Crippen molar-refractivity contribution in [3.63, 3.8) is 0 Å². The van der Waals surface area contributed by atoms with Crippen LogP contribution < -0.4 is 9.46 Å². The number of carbonyl (C=O) groups excluding carboxylic acids is 4. The Bertz CT molecular complexity index is 2180. The van der Waals surface area contributed by atoms with Gasteiger partial charge < -0.3 is 14.4 Å². The van der Waals surface area contributed by atoms with E-state index in [4.69, 9.17) is 19.4 Å². The molecule has 0 radical (unpaired) electrons. The van der Waals surface area contributed by atoms with Gasteiger partial charge >= 0.3 is 5.97 Å². The third kappa shape index (κ3) is 8.99. The third-order valence-electron chi connectivity index (χ3n) is 11.5. The number of fused-ring (bicyclic) bond motifs is 3. The average Bonchev–Trinajstić information content (AvgIpc) is 3.96. The SMILES string of the molecule is Cc1csc(-c2cccc3c2nc(O[C@@H]2C[C@H]4C(=O)C[C@]5(C(=O)NS(=O)(=O)C6CC6)C[C@@H]5/C=C\CCCCC[C@H](CC(=O)OC(C)(C)C)C(=O)N4C2)n3C(C)C)n1. The number of aromatic nitrogens is 3. The predicted molar refractivity (Wildman–Crippen MR) is 217 cm³/mol. The molecule has 57 heavy (non-hydrogen) atoms. The molecule has 13 nitrogen and oxygen atoms in total. The maximum Gasteiger partial charge on any atom is 0.307 e. The number of imidazole rings is 1. The van der Waals surface area contributed by atoms with Gasteiger partial charge in [-0.05, 0) is 98.1 Å². The molecule has 4 heterocycles. The number of para-hydroxylation sites is 1. The molecule has 5 atom stereocenters. The number of Topliss-reactive ketones (excluding diaryl/α,β-unsaturated/α-hetero) is 1. The Morgan fingerprint density at radius 3 is 2.54 bits per heavy atom. The number of carbonyl (C=O) groups is 4. The summed E-state index contributed by atoms with van der Waals surface area (Å²) in [7, 11) is -3.85. The van der Waals surface area contributed by atoms with Crippen LogP contribution in [0.1, 0.15) is 117 Å². The van der Waals surface area contributed by atoms with Crippen molar-refractivity contribution in [1.29, 1.82) is 0 Å². The second kappa shape index (κ2) is 15.9. The van der Waals surface area contributed by atoms with Crippen molar-refractivity contribution < 1.29 is 37.1 Å². The van der Waals surface area contributed by atoms with Gasteiger partial charge in [-0.2, -0.15) is 4.98 Å². The molecule has 0 spiro atoms. The first-order valence-electron chi connectivity index (χ1n) is 20.3. The largest absolute Gasteiger partial charge is 0.460 e. The monoisotopic (exact) mass is 821 g/mol. The highest BCUT2D eigenvalue weighted by Crippen LogP contribution is 2.57. The van der Waals surface area contributed by atoms with E-state index in [1.54, 1.807) is 20.8 Å². The second-order valence-electron chi connectivity index (χ2n) is 17.6. The zero-order valence-electron chi connectivity index (χ0n) is 33.8. The number of amides is 2. The minimum Gasteiger partial charge on any atom is -0.460 e. The first kappa shape index (κ1) is 41.1. The average molecular weight is 822 g/mol. The van der Waals surface area contributed by atoms with Crippen molar-refractivity contribution >= 4 is 56.0 Å². The molecule has 2 saturated carbocycles. The highest BCUT2D eigenvalue weighted by Gasteiger charge is 2.61. The molecule has 1 saturated heterocycles. The summed E-state index contributed by atoms with van der Waals surface area (Å²) in [4.78, 5) is 67.7. The topological polar surface area (TPSA) is 167 Å². The van der Waals surface area contributed by atoms with Crippen LogP contribution in [0.4, 0.5) is 0 Å². The molecule has 308 valence electrons. The van der Waals surface area contributed by atoms with Gasteiger partial charge in [-0.1, -0.05) is 31.1 Å². The molecule has 7 rings (SSSR count). The Balaban J connectivity index is 1.22. The van der Waals surface area contributed by atoms with Gasteiger partial charge in [0.1, 0.15) is 22.2 Å². The molecule has 4 aliphatic rings. The molecule has 15 heteroatoms. The predicted octanol–water partition coefficient (Wildman–Crippen LogP) is 6.84. The minimum absolute atomic E-state index is 0.0447. The second-order valence-corrected chi connectivity index (χ2v) is 20.5. The third-order valence-corrected chi connectivity index (χ3v) is 14.3. The Morgan fingerprint density at radius 1 is 1.09 bits per heavy atom. The van der Waals surface area contributed by atoms with Crippen LogP contribution >= 0.6 is 11.3 Å². The normalized spacial score (nSPS) is 26.7. The molecule has 3 aromatic rings. The number of esters is 1. The van der Waals surface area contributed by atoms with Crippen LogP contribution in [-0.4, -0.2) is 81.0 Å². The van der Waals surface area contributed by atoms with Gasteiger partial charge in [-0.3, -0.25) is 28.5 Å². The molecule has 0 unspecified atom stereocenters. The van der Waals surface area contributed by atoms with E-state index in [0.29, 0.717) is 38.1 Å². The number of hydrogen-bond acceptors (Lipinski definition) is 11. The number of aryl methyl sites for hydroxylation is 1. The lowest BCUT2D eigenvalue weighted by Gasteiger charge is -2.29. The zero-order chi connectivity index (χ0) is 40.9. The van der Waals surface area contributed by atoms with E-state index < -0.39 is 56.2 Å². The summed E-state index contributed by atoms with van der Waals surface area (Å²) in [6.45, 7) is 11.4. The van der Waals surface area contributed by atoms with Gasteiger partial charge in [-0.25, -0.2) is 13.4 Å². The van der Waals surface area contributed by atoms with Gasteiger partial charge in [0, 0.05) is 41.4 Å². The fourth-order valence-corrected chi connectivity index (χ4v) is 10.6. The van der Waals surface area contributed by atoms with E-state index in [2.05, 4.69) is 4.72 Å². The summed E-state index contributed by atoms with van der Waals surface area (Å²) in [5, 5.41) is 2.24. The van der Waals surface area contributed by atoms with E-state index in [-0.39, 0.29) is 49.5 Å². The fraction of sp³-hybridized carbons (Fsp3) is 0.619. The van der Waals surface area contributed by atoms with Crippen molar-refractivity contribution in [1.82, 2.24) is 24.2 Å². The molecule has 1 N–H and O–H groups in total. The number of ketones is 1. The number of benzene rings is 1. The lowest BCUT2D eigenvalue weighted by atomic mass is 9.90. The Hall–Kier alpha value is -4.11. The molecular formula is C42H55N5O8S2. The first-order valence-corrected chi connectivity index (χ1v) is 22.8. The molecule has 2 aliphatic heterocycles. The van der Waals surface area contributed by atoms with E-state index in [1.165, 1.54) is 16.2 Å². The summed E-state index contributed by atoms with van der Waals surface area (Å²) < 4.78 is 42.5. The van der Waals surface area contributed by atoms with Crippen LogP contribution in [0.25, 0.3) is 21.6 Å². The number of thiazole rings is 1. The van der Waals surface area contributed by atoms with E-state index in [1.807, 2.05) is 61.1 Å². The van der Waals surface area contributed by atoms with Gasteiger partial charge in [0.2, 0.25) is 21.8 Å². The van der Waals surface area contributed by atoms with Crippen molar-refractivity contribution in [2.24, 2.45) is 17.3 Å². The highest BCUT2D eigenvalue weighted by atomic mass is 32.2. The molecule has 0 bridgehead atoms. The van der Waals surface area contributed by atoms with Gasteiger partial charge in [-0.15, -0.1) is 11.3 Å². The van der Waals surface area contributed by atoms with E-state index in [0.717, 1.165) is 46.6 Å². The number of hydrogen-bond donors (Lipinski definition) is 1. The molecule has 2 aromatic heterocycles. The molecule has 3 fully saturated rings. The number of nitrogens with zero attached hydrogens (tertiary/aromatic N) is 4. The number of sulfonamides is 1. The standard InChI is InChI=1S/C42H55N5O8S2/c1-25(2)47-32-16-12-15-31(37-43-26(3)24-56-37)36(32)44-40(47)54-29-20-33-34(48)22-42(39(51)45-57(52,53)30-17-18-30)21-28(42)14-11-9-7-8-10-13-27(38(50)46(33)23-29)19-35(49)55-41(4,5)6/h11-12,14-16,24-25,27-30,33H,7-10,13,17-23H2,1-6H3,(H,45,51)/b14-11-/t27-,28+,29-,33+,42-/m1/s1. The van der Waals surface area contributed by atoms with Crippen LogP contribution in [-0.2, 0) is 33.9 Å². The van der Waals surface area contributed by atoms with Crippen molar-refractivity contribution in [3.05, 3.63) is 41.4 Å². The summed E-state index contributed by atoms with van der Waals surface area (Å²) in [6, 6.07) is 5.28. The van der Waals surface area contributed by atoms with Gasteiger partial charge in [0.05, 0.1) is 35.2 Å². The van der Waals surface area contributed by atoms with Crippen LogP contribution in [0.5, 0.6) is 6.01 Å². The number of nitrogens with one attached hydrogen (secondary N) is 1. The molecular weight excluding hydrogens is 767 g/mol. The first-order chi connectivity index (χ1) is 27.0. The Labute approximate surface area is 339 Å². The maximum absolute atomic E-state index is 14.7. The van der Waals surface area contributed by atoms with Crippen LogP contribution in [0.3, 0.4) is 0 Å². The zero-order valence-corrected chi connectivity index (χ0v) is 35.4. The fourth-order valence-electron chi connectivity index (χ4n) is 8.38. The lowest BCUT2D eigenvalue weighted by molar-refractivity contribution is -0.159. The van der Waals surface area contributed by atoms with Crippen molar-refractivity contribution in [2.45, 2.75) is 141 Å². The number of allylic oxidation sites excluding steroid dienone is 2. The molecule has 1 aromatic carbocycles. The van der Waals surface area contributed by atoms with Crippen LogP contribution in [0.2, 0.25) is 0 Å². The lowest BCUT2D eigenvalue weighted by Crippen LogP contribution is -2.46. The van der Waals surface area contributed by atoms with Crippen molar-refractivity contribution in [2.75, 3.05) is 6.54 Å². The number of rotatable bonds is 9. The van der Waals surface area contributed by atoms with Crippen LogP contribution in [0.15, 0.2) is 35.7 Å². The summed E-state index contributed by atoms with van der Waals surface area (Å²) in [6.07, 6.45) is 7.98. The Kier molecular flexibility index (Phi) is 11.5. The quantitative estimate of drug-likeness (QED) is 0.178. The highest BCUT2D eigenvalue weighted by molar-refractivity contribution is 7.90. The Morgan fingerprint density at radius 2 is 1.86 bits per heavy atom. The van der Waals surface area contributed by atoms with Gasteiger partial charge in [0.15, 0.2) is 5.78 Å². The van der Waals surface area contributed by atoms with Gasteiger partial charge in [0.25, 0.3) is 6.01 Å².